The van der Waals surface area contributed by atoms with Crippen LogP contribution in [0.25, 0.3) is 0 Å². The molecule has 0 bridgehead atoms. The van der Waals surface area contributed by atoms with Crippen molar-refractivity contribution in [3.05, 3.63) is 0 Å². The standard InChI is InChI=1S/C20H35N9O9/c21-9(8-14(23)31)16(34)27-10(2-1-7-26-20(24)25)17(35)28-11(4-6-15(32)33)18(36)29-12(19(37)38)3-5-13(22)30/h9-12H,1-8,21H2,(H2,22,30)(H2,23,31)(H,27,34)(H,28,35)(H,29,36)(H,32,33)(H,37,38)(H4,24,25,26). The van der Waals surface area contributed by atoms with Crippen LogP contribution in [0.15, 0.2) is 4.99 Å². The third-order valence-electron chi connectivity index (χ3n) is 4.91. The molecule has 0 aromatic rings. The van der Waals surface area contributed by atoms with Crippen LogP contribution in [0.2, 0.25) is 0 Å². The van der Waals surface area contributed by atoms with Crippen LogP contribution in [0.4, 0.5) is 0 Å². The molecule has 18 heteroatoms. The van der Waals surface area contributed by atoms with Gasteiger partial charge in [0.2, 0.25) is 29.5 Å². The highest BCUT2D eigenvalue weighted by Crippen LogP contribution is 2.06. The van der Waals surface area contributed by atoms with Gasteiger partial charge in [-0.3, -0.25) is 33.8 Å². The maximum absolute atomic E-state index is 13.0. The average Bonchev–Trinajstić information content (AvgIpc) is 2.79. The van der Waals surface area contributed by atoms with Gasteiger partial charge in [-0.25, -0.2) is 4.79 Å². The lowest BCUT2D eigenvalue weighted by Gasteiger charge is -2.25. The predicted molar refractivity (Wildman–Crippen MR) is 130 cm³/mol. The van der Waals surface area contributed by atoms with Crippen molar-refractivity contribution in [2.45, 2.75) is 69.1 Å². The Hall–Kier alpha value is -4.48. The molecule has 0 aliphatic heterocycles. The van der Waals surface area contributed by atoms with Gasteiger partial charge < -0.3 is 54.8 Å². The lowest BCUT2D eigenvalue weighted by molar-refractivity contribution is -0.143. The van der Waals surface area contributed by atoms with Gasteiger partial charge in [0.1, 0.15) is 18.1 Å². The summed E-state index contributed by atoms with van der Waals surface area (Å²) in [6.07, 6.45) is -2.15. The SMILES string of the molecule is NC(=O)CCC(NC(=O)C(CCC(=O)O)NC(=O)C(CCCN=C(N)N)NC(=O)C(N)CC(N)=O)C(=O)O. The molecule has 5 amide bonds. The first kappa shape index (κ1) is 33.5. The molecule has 15 N–H and O–H groups in total. The number of carboxylic acid groups (broad SMARTS) is 2. The van der Waals surface area contributed by atoms with Gasteiger partial charge in [-0.2, -0.15) is 0 Å². The quantitative estimate of drug-likeness (QED) is 0.0414. The average molecular weight is 546 g/mol. The molecule has 0 heterocycles. The number of guanidine groups is 1. The van der Waals surface area contributed by atoms with Gasteiger partial charge in [0.05, 0.1) is 12.5 Å². The number of hydrogen-bond donors (Lipinski definition) is 10. The van der Waals surface area contributed by atoms with Crippen molar-refractivity contribution in [2.75, 3.05) is 6.54 Å². The van der Waals surface area contributed by atoms with Crippen molar-refractivity contribution in [3.8, 4) is 0 Å². The molecular weight excluding hydrogens is 510 g/mol. The molecule has 0 saturated heterocycles. The second kappa shape index (κ2) is 17.1. The van der Waals surface area contributed by atoms with Crippen molar-refractivity contribution < 1.29 is 43.8 Å². The Kier molecular flexibility index (Phi) is 15.0. The Morgan fingerprint density at radius 1 is 0.684 bits per heavy atom. The van der Waals surface area contributed by atoms with Gasteiger partial charge in [-0.05, 0) is 25.7 Å². The molecule has 0 aliphatic carbocycles. The van der Waals surface area contributed by atoms with Gasteiger partial charge in [0.25, 0.3) is 0 Å². The summed E-state index contributed by atoms with van der Waals surface area (Å²) in [7, 11) is 0. The number of aliphatic imine (C=N–C) groups is 1. The Labute approximate surface area is 217 Å². The largest absolute Gasteiger partial charge is 0.481 e. The van der Waals surface area contributed by atoms with Gasteiger partial charge >= 0.3 is 11.9 Å². The summed E-state index contributed by atoms with van der Waals surface area (Å²) in [5.41, 5.74) is 26.1. The van der Waals surface area contributed by atoms with Crippen LogP contribution in [-0.2, 0) is 33.6 Å². The number of rotatable bonds is 19. The normalized spacial score (nSPS) is 13.6. The molecule has 214 valence electrons. The van der Waals surface area contributed by atoms with Crippen molar-refractivity contribution in [1.29, 1.82) is 0 Å². The molecule has 0 spiro atoms. The van der Waals surface area contributed by atoms with E-state index >= 15 is 0 Å². The highest BCUT2D eigenvalue weighted by Gasteiger charge is 2.31. The molecule has 0 aliphatic rings. The van der Waals surface area contributed by atoms with E-state index in [2.05, 4.69) is 20.9 Å². The van der Waals surface area contributed by atoms with Crippen LogP contribution >= 0.6 is 0 Å². The summed E-state index contributed by atoms with van der Waals surface area (Å²) in [6, 6.07) is -5.80. The Bertz CT molecular complexity index is 922. The zero-order valence-corrected chi connectivity index (χ0v) is 20.6. The second-order valence-electron chi connectivity index (χ2n) is 8.18. The van der Waals surface area contributed by atoms with Crippen LogP contribution < -0.4 is 44.6 Å². The number of nitrogens with one attached hydrogen (secondary N) is 3. The summed E-state index contributed by atoms with van der Waals surface area (Å²) in [6.45, 7) is 0.0679. The summed E-state index contributed by atoms with van der Waals surface area (Å²) in [5.74, 6) is -7.58. The first-order chi connectivity index (χ1) is 17.6. The lowest BCUT2D eigenvalue weighted by Crippen LogP contribution is -2.57. The zero-order chi connectivity index (χ0) is 29.4. The molecule has 0 saturated carbocycles. The molecule has 0 rings (SSSR count). The van der Waals surface area contributed by atoms with Crippen molar-refractivity contribution in [2.24, 2.45) is 33.7 Å². The number of primary amides is 2. The topological polar surface area (TPSA) is 338 Å². The molecule has 0 radical (unpaired) electrons. The lowest BCUT2D eigenvalue weighted by atomic mass is 10.1. The molecule has 0 fully saturated rings. The smallest absolute Gasteiger partial charge is 0.326 e. The summed E-state index contributed by atoms with van der Waals surface area (Å²) in [4.78, 5) is 86.4. The van der Waals surface area contributed by atoms with E-state index in [1.54, 1.807) is 0 Å². The van der Waals surface area contributed by atoms with E-state index in [0.717, 1.165) is 0 Å². The van der Waals surface area contributed by atoms with Gasteiger partial charge in [0, 0.05) is 19.4 Å². The Balaban J connectivity index is 5.72. The number of hydrogen-bond acceptors (Lipinski definition) is 9. The fourth-order valence-corrected chi connectivity index (χ4v) is 2.99. The van der Waals surface area contributed by atoms with Crippen LogP contribution in [0.5, 0.6) is 0 Å². The molecule has 4 atom stereocenters. The minimum absolute atomic E-state index is 0.0679. The van der Waals surface area contributed by atoms with E-state index in [1.807, 2.05) is 0 Å². The van der Waals surface area contributed by atoms with Crippen molar-refractivity contribution in [3.63, 3.8) is 0 Å². The maximum atomic E-state index is 13.0. The van der Waals surface area contributed by atoms with E-state index < -0.39 is 84.9 Å². The van der Waals surface area contributed by atoms with Crippen molar-refractivity contribution >= 4 is 47.4 Å². The minimum Gasteiger partial charge on any atom is -0.481 e. The number of nitrogens with two attached hydrogens (primary N) is 5. The number of nitrogens with zero attached hydrogens (tertiary/aromatic N) is 1. The minimum atomic E-state index is -1.55. The van der Waals surface area contributed by atoms with Gasteiger partial charge in [-0.1, -0.05) is 0 Å². The number of carbonyl (C=O) groups excluding carboxylic acids is 5. The fraction of sp³-hybridized carbons (Fsp3) is 0.600. The van der Waals surface area contributed by atoms with Gasteiger partial charge in [0.15, 0.2) is 5.96 Å². The summed E-state index contributed by atoms with van der Waals surface area (Å²) < 4.78 is 0. The first-order valence-corrected chi connectivity index (χ1v) is 11.4. The number of amides is 5. The molecule has 0 aromatic heterocycles. The Morgan fingerprint density at radius 2 is 1.18 bits per heavy atom. The van der Waals surface area contributed by atoms with Crippen LogP contribution in [0.1, 0.15) is 44.9 Å². The molecule has 38 heavy (non-hydrogen) atoms. The molecular formula is C20H35N9O9. The van der Waals surface area contributed by atoms with Crippen LogP contribution in [0, 0.1) is 0 Å². The fourth-order valence-electron chi connectivity index (χ4n) is 2.99. The van der Waals surface area contributed by atoms with E-state index in [0.29, 0.717) is 0 Å². The number of carboxylic acids is 2. The number of carbonyl (C=O) groups is 7. The number of aliphatic carboxylic acids is 2. The highest BCUT2D eigenvalue weighted by atomic mass is 16.4. The Morgan fingerprint density at radius 3 is 1.66 bits per heavy atom. The van der Waals surface area contributed by atoms with Crippen LogP contribution in [-0.4, -0.2) is 88.4 Å². The third-order valence-corrected chi connectivity index (χ3v) is 4.91. The predicted octanol–water partition coefficient (Wildman–Crippen LogP) is -5.09. The van der Waals surface area contributed by atoms with Crippen molar-refractivity contribution in [1.82, 2.24) is 16.0 Å². The molecule has 0 aromatic carbocycles. The zero-order valence-electron chi connectivity index (χ0n) is 20.6. The van der Waals surface area contributed by atoms with E-state index in [4.69, 9.17) is 33.8 Å². The van der Waals surface area contributed by atoms with E-state index in [1.165, 1.54) is 0 Å². The van der Waals surface area contributed by atoms with E-state index in [-0.39, 0.29) is 38.2 Å². The monoisotopic (exact) mass is 545 g/mol. The van der Waals surface area contributed by atoms with E-state index in [9.17, 15) is 38.7 Å². The summed E-state index contributed by atoms with van der Waals surface area (Å²) in [5, 5.41) is 25.1. The van der Waals surface area contributed by atoms with Gasteiger partial charge in [-0.15, -0.1) is 0 Å². The maximum Gasteiger partial charge on any atom is 0.326 e. The molecule has 4 unspecified atom stereocenters. The second-order valence-corrected chi connectivity index (χ2v) is 8.18. The van der Waals surface area contributed by atoms with Crippen LogP contribution in [0.3, 0.4) is 0 Å². The highest BCUT2D eigenvalue weighted by molar-refractivity contribution is 5.95. The molecule has 18 nitrogen and oxygen atoms in total. The summed E-state index contributed by atoms with van der Waals surface area (Å²) >= 11 is 0. The first-order valence-electron chi connectivity index (χ1n) is 11.4. The third kappa shape index (κ3) is 14.8.